The minimum Gasteiger partial charge on any atom is -0.103 e. The number of benzene rings is 2. The SMILES string of the molecule is C/C=C\C.C=CCc1cccc(-c2ccccc2)c1C. The molecule has 0 aliphatic heterocycles. The van der Waals surface area contributed by atoms with E-state index in [0.717, 1.165) is 6.42 Å². The smallest absolute Gasteiger partial charge is 0.00973 e. The van der Waals surface area contributed by atoms with Gasteiger partial charge in [0.05, 0.1) is 0 Å². The molecule has 0 heterocycles. The third kappa shape index (κ3) is 4.55. The van der Waals surface area contributed by atoms with E-state index in [1.54, 1.807) is 0 Å². The summed E-state index contributed by atoms with van der Waals surface area (Å²) < 4.78 is 0. The highest BCUT2D eigenvalue weighted by Gasteiger charge is 2.04. The lowest BCUT2D eigenvalue weighted by Gasteiger charge is -2.10. The Labute approximate surface area is 123 Å². The van der Waals surface area contributed by atoms with Crippen molar-refractivity contribution >= 4 is 0 Å². The summed E-state index contributed by atoms with van der Waals surface area (Å²) in [5, 5.41) is 0. The van der Waals surface area contributed by atoms with Crippen molar-refractivity contribution in [2.45, 2.75) is 27.2 Å². The van der Waals surface area contributed by atoms with Gasteiger partial charge >= 0.3 is 0 Å². The zero-order chi connectivity index (χ0) is 14.8. The van der Waals surface area contributed by atoms with Crippen LogP contribution in [0.4, 0.5) is 0 Å². The Kier molecular flexibility index (Phi) is 7.13. The van der Waals surface area contributed by atoms with Crippen LogP contribution in [0.25, 0.3) is 11.1 Å². The van der Waals surface area contributed by atoms with Crippen LogP contribution in [0.2, 0.25) is 0 Å². The minimum atomic E-state index is 0.937. The van der Waals surface area contributed by atoms with Crippen LogP contribution in [0.15, 0.2) is 73.3 Å². The highest BCUT2D eigenvalue weighted by Crippen LogP contribution is 2.25. The minimum absolute atomic E-state index is 0.937. The molecule has 2 aromatic rings. The molecule has 0 nitrogen and oxygen atoms in total. The van der Waals surface area contributed by atoms with E-state index in [9.17, 15) is 0 Å². The summed E-state index contributed by atoms with van der Waals surface area (Å²) in [6, 6.07) is 17.0. The molecule has 0 saturated carbocycles. The molecule has 0 amide bonds. The van der Waals surface area contributed by atoms with Crippen molar-refractivity contribution in [2.75, 3.05) is 0 Å². The van der Waals surface area contributed by atoms with Crippen LogP contribution >= 0.6 is 0 Å². The van der Waals surface area contributed by atoms with E-state index in [4.69, 9.17) is 0 Å². The van der Waals surface area contributed by atoms with E-state index in [1.165, 1.54) is 22.3 Å². The maximum atomic E-state index is 3.80. The van der Waals surface area contributed by atoms with E-state index in [-0.39, 0.29) is 0 Å². The summed E-state index contributed by atoms with van der Waals surface area (Å²) >= 11 is 0. The van der Waals surface area contributed by atoms with Gasteiger partial charge in [-0.25, -0.2) is 0 Å². The lowest BCUT2D eigenvalue weighted by atomic mass is 9.95. The molecular weight excluding hydrogens is 240 g/mol. The molecule has 20 heavy (non-hydrogen) atoms. The van der Waals surface area contributed by atoms with Crippen LogP contribution in [0, 0.1) is 6.92 Å². The van der Waals surface area contributed by atoms with Gasteiger partial charge in [0, 0.05) is 0 Å². The Morgan fingerprint density at radius 1 is 0.900 bits per heavy atom. The average molecular weight is 264 g/mol. The predicted molar refractivity (Wildman–Crippen MR) is 91.0 cm³/mol. The van der Waals surface area contributed by atoms with Crippen LogP contribution in [-0.2, 0) is 6.42 Å². The van der Waals surface area contributed by atoms with Crippen molar-refractivity contribution in [2.24, 2.45) is 0 Å². The van der Waals surface area contributed by atoms with Crippen molar-refractivity contribution in [1.82, 2.24) is 0 Å². The van der Waals surface area contributed by atoms with Gasteiger partial charge in [-0.1, -0.05) is 66.8 Å². The predicted octanol–water partition coefficient (Wildman–Crippen LogP) is 5.97. The number of allylic oxidation sites excluding steroid dienone is 3. The molecule has 0 atom stereocenters. The fraction of sp³-hybridized carbons (Fsp3) is 0.200. The first-order valence-corrected chi connectivity index (χ1v) is 7.06. The van der Waals surface area contributed by atoms with Crippen molar-refractivity contribution < 1.29 is 0 Å². The van der Waals surface area contributed by atoms with Gasteiger partial charge in [0.25, 0.3) is 0 Å². The molecule has 0 spiro atoms. The quantitative estimate of drug-likeness (QED) is 0.599. The van der Waals surface area contributed by atoms with E-state index in [2.05, 4.69) is 56.0 Å². The monoisotopic (exact) mass is 264 g/mol. The molecule has 0 aliphatic carbocycles. The summed E-state index contributed by atoms with van der Waals surface area (Å²) in [4.78, 5) is 0. The van der Waals surface area contributed by atoms with Crippen molar-refractivity contribution in [3.63, 3.8) is 0 Å². The Hall–Kier alpha value is -2.08. The first-order chi connectivity index (χ1) is 9.74. The molecule has 0 bridgehead atoms. The zero-order valence-electron chi connectivity index (χ0n) is 12.8. The second-order valence-corrected chi connectivity index (χ2v) is 4.62. The molecule has 0 N–H and O–H groups in total. The molecule has 0 radical (unpaired) electrons. The molecule has 0 saturated heterocycles. The first kappa shape index (κ1) is 16.0. The van der Waals surface area contributed by atoms with Crippen LogP contribution in [0.3, 0.4) is 0 Å². The summed E-state index contributed by atoms with van der Waals surface area (Å²) in [7, 11) is 0. The standard InChI is InChI=1S/C16H16.C4H8/c1-3-8-14-11-7-12-16(13(14)2)15-9-5-4-6-10-15;1-3-4-2/h3-7,9-12H,1,8H2,2H3;3-4H,1-2H3/b;4-3-. The van der Waals surface area contributed by atoms with Gasteiger partial charge in [-0.2, -0.15) is 0 Å². The van der Waals surface area contributed by atoms with Gasteiger partial charge in [-0.15, -0.1) is 6.58 Å². The molecule has 2 aromatic carbocycles. The lowest BCUT2D eigenvalue weighted by molar-refractivity contribution is 1.22. The Bertz CT molecular complexity index is 544. The Morgan fingerprint density at radius 2 is 1.55 bits per heavy atom. The second-order valence-electron chi connectivity index (χ2n) is 4.62. The number of rotatable bonds is 3. The van der Waals surface area contributed by atoms with E-state index in [0.29, 0.717) is 0 Å². The molecule has 0 unspecified atom stereocenters. The van der Waals surface area contributed by atoms with Gasteiger partial charge in [0.1, 0.15) is 0 Å². The highest BCUT2D eigenvalue weighted by molar-refractivity contribution is 5.68. The third-order valence-electron chi connectivity index (χ3n) is 3.23. The van der Waals surface area contributed by atoms with Crippen molar-refractivity contribution in [3.05, 3.63) is 84.5 Å². The van der Waals surface area contributed by atoms with Crippen molar-refractivity contribution in [1.29, 1.82) is 0 Å². The molecule has 0 fully saturated rings. The molecule has 104 valence electrons. The second kappa shape index (κ2) is 8.92. The maximum absolute atomic E-state index is 3.80. The van der Waals surface area contributed by atoms with E-state index in [1.807, 2.05) is 38.1 Å². The van der Waals surface area contributed by atoms with Crippen LogP contribution in [0.1, 0.15) is 25.0 Å². The Balaban J connectivity index is 0.000000444. The van der Waals surface area contributed by atoms with E-state index < -0.39 is 0 Å². The topological polar surface area (TPSA) is 0 Å². The zero-order valence-corrected chi connectivity index (χ0v) is 12.8. The van der Waals surface area contributed by atoms with Gasteiger partial charge in [-0.3, -0.25) is 0 Å². The van der Waals surface area contributed by atoms with Crippen LogP contribution in [0.5, 0.6) is 0 Å². The molecule has 0 aliphatic rings. The van der Waals surface area contributed by atoms with Crippen molar-refractivity contribution in [3.8, 4) is 11.1 Å². The summed E-state index contributed by atoms with van der Waals surface area (Å²) in [6.07, 6.45) is 6.89. The number of hydrogen-bond donors (Lipinski definition) is 0. The number of hydrogen-bond acceptors (Lipinski definition) is 0. The van der Waals surface area contributed by atoms with Crippen LogP contribution < -0.4 is 0 Å². The summed E-state index contributed by atoms with van der Waals surface area (Å²) in [5.74, 6) is 0. The maximum Gasteiger partial charge on any atom is -0.00973 e. The highest BCUT2D eigenvalue weighted by atomic mass is 14.1. The van der Waals surface area contributed by atoms with Gasteiger partial charge in [0.15, 0.2) is 0 Å². The molecular formula is C20H24. The summed E-state index contributed by atoms with van der Waals surface area (Å²) in [5.41, 5.74) is 5.32. The average Bonchev–Trinajstić information content (AvgIpc) is 2.51. The van der Waals surface area contributed by atoms with Crippen LogP contribution in [-0.4, -0.2) is 0 Å². The van der Waals surface area contributed by atoms with Gasteiger partial charge in [0.2, 0.25) is 0 Å². The fourth-order valence-corrected chi connectivity index (χ4v) is 1.99. The third-order valence-corrected chi connectivity index (χ3v) is 3.23. The largest absolute Gasteiger partial charge is 0.103 e. The fourth-order valence-electron chi connectivity index (χ4n) is 1.99. The molecule has 0 heteroatoms. The molecule has 2 rings (SSSR count). The van der Waals surface area contributed by atoms with Gasteiger partial charge in [-0.05, 0) is 49.4 Å². The van der Waals surface area contributed by atoms with Gasteiger partial charge < -0.3 is 0 Å². The summed E-state index contributed by atoms with van der Waals surface area (Å²) in [6.45, 7) is 9.98. The molecule has 0 aromatic heterocycles. The Morgan fingerprint density at radius 3 is 2.10 bits per heavy atom. The lowest BCUT2D eigenvalue weighted by Crippen LogP contribution is -1.90. The van der Waals surface area contributed by atoms with E-state index >= 15 is 0 Å². The normalized spacial score (nSPS) is 9.95. The first-order valence-electron chi connectivity index (χ1n) is 7.06.